The average molecular weight is 1090 g/mol. The largest absolute Gasteiger partial charge is 0.416 e. The zero-order chi connectivity index (χ0) is 55.9. The molecular formula is C45H25BF24N2S. The summed E-state index contributed by atoms with van der Waals surface area (Å²) in [5, 5.41) is 17.9. The molecule has 0 bridgehead atoms. The summed E-state index contributed by atoms with van der Waals surface area (Å²) >= 11 is 0. The minimum atomic E-state index is -6.13. The van der Waals surface area contributed by atoms with E-state index < -0.39 is 195 Å². The van der Waals surface area contributed by atoms with Crippen molar-refractivity contribution in [2.45, 2.75) is 49.4 Å². The SMILES string of the molecule is C[S+](C)CC(=C(C#N)C#N)c1ccccc1.FC(F)(F)c1cc([B-](c2cc(C(F)(F)F)cc(C(F)(F)F)c2)(c2cc(C(F)(F)F)cc(C(F)(F)F)c2)c2cc(C(F)(F)F)cc(C(F)(F)F)c2)cc(C(F)(F)F)c1. The minimum absolute atomic E-state index is 0.170. The van der Waals surface area contributed by atoms with E-state index in [1.807, 2.05) is 42.5 Å². The van der Waals surface area contributed by atoms with Gasteiger partial charge in [0.1, 0.15) is 29.6 Å². The van der Waals surface area contributed by atoms with Gasteiger partial charge in [0, 0.05) is 5.57 Å². The maximum Gasteiger partial charge on any atom is 0.416 e. The van der Waals surface area contributed by atoms with Crippen LogP contribution in [0.2, 0.25) is 0 Å². The first kappa shape index (κ1) is 59.1. The van der Waals surface area contributed by atoms with Crippen LogP contribution in [-0.4, -0.2) is 24.4 Å². The molecule has 2 nitrogen and oxygen atoms in total. The number of nitriles is 2. The minimum Gasteiger partial charge on any atom is -0.194 e. The molecule has 0 unspecified atom stereocenters. The van der Waals surface area contributed by atoms with E-state index in [-0.39, 0.29) is 16.5 Å². The van der Waals surface area contributed by atoms with Gasteiger partial charge in [-0.2, -0.15) is 138 Å². The molecule has 0 aromatic heterocycles. The summed E-state index contributed by atoms with van der Waals surface area (Å²) in [7, 11) is 0.170. The van der Waals surface area contributed by atoms with Crippen LogP contribution in [0.5, 0.6) is 0 Å². The van der Waals surface area contributed by atoms with Crippen LogP contribution in [0.3, 0.4) is 0 Å². The summed E-state index contributed by atoms with van der Waals surface area (Å²) < 4.78 is 341. The van der Waals surface area contributed by atoms with Crippen molar-refractivity contribution < 1.29 is 105 Å². The predicted molar refractivity (Wildman–Crippen MR) is 219 cm³/mol. The lowest BCUT2D eigenvalue weighted by Gasteiger charge is -2.46. The second kappa shape index (κ2) is 20.5. The lowest BCUT2D eigenvalue weighted by molar-refractivity contribution is -0.144. The maximum atomic E-state index is 14.2. The zero-order valence-electron chi connectivity index (χ0n) is 36.0. The Balaban J connectivity index is 0.000000613. The van der Waals surface area contributed by atoms with Gasteiger partial charge in [-0.05, 0) is 40.7 Å². The molecule has 0 amide bonds. The van der Waals surface area contributed by atoms with Crippen LogP contribution in [0.4, 0.5) is 105 Å². The summed E-state index contributed by atoms with van der Waals surface area (Å²) in [4.78, 5) is 0. The molecule has 0 saturated carbocycles. The molecule has 0 N–H and O–H groups in total. The first-order valence-electron chi connectivity index (χ1n) is 19.4. The average Bonchev–Trinajstić information content (AvgIpc) is 3.24. The van der Waals surface area contributed by atoms with E-state index >= 15 is 0 Å². The van der Waals surface area contributed by atoms with E-state index in [4.69, 9.17) is 10.5 Å². The van der Waals surface area contributed by atoms with Crippen LogP contribution in [0, 0.1) is 22.7 Å². The van der Waals surface area contributed by atoms with Gasteiger partial charge in [0.15, 0.2) is 0 Å². The van der Waals surface area contributed by atoms with Crippen molar-refractivity contribution in [3.8, 4) is 12.1 Å². The first-order valence-corrected chi connectivity index (χ1v) is 21.6. The third-order valence-corrected chi connectivity index (χ3v) is 11.4. The number of benzene rings is 5. The van der Waals surface area contributed by atoms with Gasteiger partial charge in [0.05, 0.1) is 57.0 Å². The smallest absolute Gasteiger partial charge is 0.194 e. The van der Waals surface area contributed by atoms with Crippen LogP contribution < -0.4 is 21.9 Å². The van der Waals surface area contributed by atoms with Crippen LogP contribution in [0.1, 0.15) is 50.1 Å². The molecule has 28 heteroatoms. The highest BCUT2D eigenvalue weighted by atomic mass is 32.2. The summed E-state index contributed by atoms with van der Waals surface area (Å²) in [5.41, 5.74) is -28.1. The number of allylic oxidation sites excluding steroid dienone is 1. The van der Waals surface area contributed by atoms with Crippen molar-refractivity contribution in [2.75, 3.05) is 18.3 Å². The highest BCUT2D eigenvalue weighted by Crippen LogP contribution is 2.41. The van der Waals surface area contributed by atoms with Gasteiger partial charge in [-0.3, -0.25) is 0 Å². The molecule has 0 aliphatic rings. The Morgan fingerprint density at radius 3 is 0.740 bits per heavy atom. The Kier molecular flexibility index (Phi) is 16.6. The number of nitrogens with zero attached hydrogens (tertiary/aromatic N) is 2. The molecule has 0 heterocycles. The monoisotopic (exact) mass is 1090 g/mol. The van der Waals surface area contributed by atoms with Crippen LogP contribution in [0.15, 0.2) is 109 Å². The van der Waals surface area contributed by atoms with E-state index in [9.17, 15) is 105 Å². The van der Waals surface area contributed by atoms with Crippen LogP contribution >= 0.6 is 0 Å². The van der Waals surface area contributed by atoms with E-state index in [1.54, 1.807) is 0 Å². The quantitative estimate of drug-likeness (QED) is 0.0706. The summed E-state index contributed by atoms with van der Waals surface area (Å²) in [6, 6.07) is 4.80. The number of hydrogen-bond donors (Lipinski definition) is 0. The standard InChI is InChI=1S/C32H12BF24.C13H13N2S/c34-25(35,36)13-1-14(26(37,38)39)6-21(5-13)33(22-7-15(27(40,41)42)2-16(8-22)28(43,44)45,23-9-17(29(46,47)48)3-18(10-23)30(49,50)51)24-11-19(31(52,53)54)4-20(12-24)32(55,56)57;1-16(2)10-13(12(8-14)9-15)11-6-4-3-5-7-11/h1-12H;3-7H,10H2,1-2H3/q-1;+1. The van der Waals surface area contributed by atoms with Crippen molar-refractivity contribution in [3.63, 3.8) is 0 Å². The molecular weight excluding hydrogens is 1070 g/mol. The van der Waals surface area contributed by atoms with Crippen molar-refractivity contribution >= 4 is 44.5 Å². The molecule has 5 aromatic rings. The van der Waals surface area contributed by atoms with Gasteiger partial charge < -0.3 is 0 Å². The van der Waals surface area contributed by atoms with Crippen molar-refractivity contribution in [2.24, 2.45) is 0 Å². The maximum absolute atomic E-state index is 14.2. The highest BCUT2D eigenvalue weighted by Gasteiger charge is 2.47. The van der Waals surface area contributed by atoms with Crippen LogP contribution in [0.25, 0.3) is 5.57 Å². The highest BCUT2D eigenvalue weighted by molar-refractivity contribution is 7.95. The Bertz CT molecular complexity index is 2470. The van der Waals surface area contributed by atoms with Gasteiger partial charge in [0.2, 0.25) is 0 Å². The van der Waals surface area contributed by atoms with E-state index in [0.717, 1.165) is 16.9 Å². The van der Waals surface area contributed by atoms with E-state index in [1.165, 1.54) is 0 Å². The van der Waals surface area contributed by atoms with Crippen LogP contribution in [-0.2, 0) is 60.3 Å². The van der Waals surface area contributed by atoms with Crippen molar-refractivity contribution in [1.82, 2.24) is 0 Å². The van der Waals surface area contributed by atoms with Gasteiger partial charge in [-0.15, -0.1) is 0 Å². The Morgan fingerprint density at radius 1 is 0.370 bits per heavy atom. The number of halogens is 24. The molecule has 0 fully saturated rings. The fourth-order valence-electron chi connectivity index (χ4n) is 7.46. The Labute approximate surface area is 398 Å². The van der Waals surface area contributed by atoms with Gasteiger partial charge in [-0.25, -0.2) is 0 Å². The molecule has 0 spiro atoms. The molecule has 73 heavy (non-hydrogen) atoms. The van der Waals surface area contributed by atoms with Gasteiger partial charge in [0.25, 0.3) is 0 Å². The molecule has 5 rings (SSSR count). The number of alkyl halides is 24. The van der Waals surface area contributed by atoms with E-state index in [0.29, 0.717) is 0 Å². The second-order valence-corrected chi connectivity index (χ2v) is 18.1. The predicted octanol–water partition coefficient (Wildman–Crippen LogP) is 13.6. The summed E-state index contributed by atoms with van der Waals surface area (Å²) in [5.74, 6) is 0.778. The fourth-order valence-corrected chi connectivity index (χ4v) is 8.35. The zero-order valence-corrected chi connectivity index (χ0v) is 36.8. The molecule has 392 valence electrons. The number of hydrogen-bond acceptors (Lipinski definition) is 2. The molecule has 0 saturated heterocycles. The molecule has 0 atom stereocenters. The molecule has 0 aliphatic carbocycles. The normalized spacial score (nSPS) is 13.2. The lowest BCUT2D eigenvalue weighted by Crippen LogP contribution is -2.75. The first-order chi connectivity index (χ1) is 32.9. The van der Waals surface area contributed by atoms with E-state index in [2.05, 4.69) is 12.5 Å². The van der Waals surface area contributed by atoms with Crippen molar-refractivity contribution in [3.05, 3.63) is 159 Å². The third-order valence-electron chi connectivity index (χ3n) is 10.5. The number of rotatable bonds is 7. The summed E-state index contributed by atoms with van der Waals surface area (Å²) in [6.07, 6.45) is -50.6. The summed E-state index contributed by atoms with van der Waals surface area (Å²) in [6.45, 7) is 0. The fraction of sp³-hybridized carbons (Fsp3) is 0.244. The van der Waals surface area contributed by atoms with Crippen molar-refractivity contribution in [1.29, 1.82) is 10.5 Å². The Hall–Kier alpha value is -6.45. The molecule has 0 aliphatic heterocycles. The van der Waals surface area contributed by atoms with Gasteiger partial charge >= 0.3 is 49.4 Å². The molecule has 0 radical (unpaired) electrons. The molecule has 5 aromatic carbocycles. The lowest BCUT2D eigenvalue weighted by atomic mass is 9.12. The topological polar surface area (TPSA) is 47.6 Å². The Morgan fingerprint density at radius 2 is 0.575 bits per heavy atom. The van der Waals surface area contributed by atoms with Gasteiger partial charge in [-0.1, -0.05) is 78.9 Å². The third kappa shape index (κ3) is 14.0. The second-order valence-electron chi connectivity index (χ2n) is 15.8.